The average molecular weight is 275 g/mol. The number of nitrogens with one attached hydrogen (secondary N) is 2. The number of rotatable bonds is 7. The minimum absolute atomic E-state index is 0.102. The van der Waals surface area contributed by atoms with Crippen LogP contribution in [-0.4, -0.2) is 57.3 Å². The van der Waals surface area contributed by atoms with Gasteiger partial charge in [0.1, 0.15) is 0 Å². The molecule has 1 aliphatic heterocycles. The van der Waals surface area contributed by atoms with E-state index in [0.717, 1.165) is 32.5 Å². The topological polar surface area (TPSA) is 61.4 Å². The van der Waals surface area contributed by atoms with Crippen molar-refractivity contribution in [3.8, 4) is 0 Å². The van der Waals surface area contributed by atoms with Gasteiger partial charge >= 0.3 is 0 Å². The van der Waals surface area contributed by atoms with E-state index in [2.05, 4.69) is 21.9 Å². The van der Waals surface area contributed by atoms with Crippen molar-refractivity contribution in [1.82, 2.24) is 14.9 Å². The van der Waals surface area contributed by atoms with E-state index in [1.54, 1.807) is 0 Å². The molecule has 0 amide bonds. The van der Waals surface area contributed by atoms with Gasteiger partial charge in [0.25, 0.3) is 0 Å². The number of sulfonamides is 1. The molecular formula is C12H25N3O2S. The van der Waals surface area contributed by atoms with Gasteiger partial charge in [-0.15, -0.1) is 0 Å². The quantitative estimate of drug-likeness (QED) is 0.694. The molecule has 2 N–H and O–H groups in total. The lowest BCUT2D eigenvalue weighted by atomic mass is 10.1. The van der Waals surface area contributed by atoms with Crippen molar-refractivity contribution in [3.05, 3.63) is 0 Å². The van der Waals surface area contributed by atoms with Crippen LogP contribution in [0.3, 0.4) is 0 Å². The van der Waals surface area contributed by atoms with E-state index in [1.807, 2.05) is 0 Å². The first-order chi connectivity index (χ1) is 8.59. The zero-order valence-electron chi connectivity index (χ0n) is 11.2. The van der Waals surface area contributed by atoms with Gasteiger partial charge in [0.2, 0.25) is 10.0 Å². The summed E-state index contributed by atoms with van der Waals surface area (Å²) in [5.74, 6) is 0.201. The molecular weight excluding hydrogens is 250 g/mol. The Bertz CT molecular complexity index is 354. The molecule has 0 radical (unpaired) electrons. The highest BCUT2D eigenvalue weighted by Gasteiger charge is 2.24. The van der Waals surface area contributed by atoms with Crippen molar-refractivity contribution in [2.45, 2.75) is 44.7 Å². The van der Waals surface area contributed by atoms with Crippen LogP contribution in [0.2, 0.25) is 0 Å². The number of likely N-dealkylation sites (N-methyl/N-ethyl adjacent to an activating group) is 1. The molecule has 0 spiro atoms. The van der Waals surface area contributed by atoms with Crippen LogP contribution in [0, 0.1) is 0 Å². The second kappa shape index (κ2) is 6.32. The number of likely N-dealkylation sites (tertiary alicyclic amines) is 1. The van der Waals surface area contributed by atoms with E-state index in [0.29, 0.717) is 12.6 Å². The number of hydrogen-bond acceptors (Lipinski definition) is 4. The molecule has 1 aliphatic carbocycles. The Hall–Kier alpha value is -0.170. The third-order valence-corrected chi connectivity index (χ3v) is 5.11. The van der Waals surface area contributed by atoms with Gasteiger partial charge in [0.15, 0.2) is 0 Å². The summed E-state index contributed by atoms with van der Waals surface area (Å²) >= 11 is 0. The van der Waals surface area contributed by atoms with Crippen molar-refractivity contribution < 1.29 is 8.42 Å². The summed E-state index contributed by atoms with van der Waals surface area (Å²) in [6.07, 6.45) is 4.44. The van der Waals surface area contributed by atoms with Crippen LogP contribution in [0.5, 0.6) is 0 Å². The van der Waals surface area contributed by atoms with Gasteiger partial charge in [-0.3, -0.25) is 0 Å². The van der Waals surface area contributed by atoms with Crippen LogP contribution in [0.25, 0.3) is 0 Å². The highest BCUT2D eigenvalue weighted by atomic mass is 32.2. The zero-order chi connectivity index (χ0) is 13.0. The Morgan fingerprint density at radius 3 is 2.67 bits per heavy atom. The van der Waals surface area contributed by atoms with Crippen LogP contribution in [0.1, 0.15) is 32.6 Å². The molecule has 6 heteroatoms. The fraction of sp³-hybridized carbons (Fsp3) is 1.00. The summed E-state index contributed by atoms with van der Waals surface area (Å²) in [5, 5.41) is 3.24. The molecule has 0 aromatic carbocycles. The summed E-state index contributed by atoms with van der Waals surface area (Å²) in [4.78, 5) is 2.30. The van der Waals surface area contributed by atoms with E-state index >= 15 is 0 Å². The van der Waals surface area contributed by atoms with Gasteiger partial charge < -0.3 is 10.2 Å². The third kappa shape index (κ3) is 4.84. The number of hydrogen-bond donors (Lipinski definition) is 2. The van der Waals surface area contributed by atoms with E-state index < -0.39 is 10.0 Å². The molecule has 0 bridgehead atoms. The van der Waals surface area contributed by atoms with Crippen molar-refractivity contribution in [2.75, 3.05) is 31.9 Å². The SMILES string of the molecule is CCN1CCCC(NS(=O)(=O)CCNC2CC2)C1. The Labute approximate surface area is 110 Å². The fourth-order valence-corrected chi connectivity index (χ4v) is 3.64. The van der Waals surface area contributed by atoms with Gasteiger partial charge in [0, 0.05) is 25.2 Å². The van der Waals surface area contributed by atoms with Gasteiger partial charge in [-0.25, -0.2) is 13.1 Å². The van der Waals surface area contributed by atoms with Crippen LogP contribution >= 0.6 is 0 Å². The molecule has 2 aliphatic rings. The normalized spacial score (nSPS) is 26.4. The summed E-state index contributed by atoms with van der Waals surface area (Å²) in [5.41, 5.74) is 0. The molecule has 18 heavy (non-hydrogen) atoms. The fourth-order valence-electron chi connectivity index (χ4n) is 2.44. The van der Waals surface area contributed by atoms with E-state index in [9.17, 15) is 8.42 Å². The lowest BCUT2D eigenvalue weighted by Crippen LogP contribution is -2.48. The average Bonchev–Trinajstić information content (AvgIpc) is 3.12. The van der Waals surface area contributed by atoms with Gasteiger partial charge in [0.05, 0.1) is 5.75 Å². The van der Waals surface area contributed by atoms with Crippen molar-refractivity contribution in [2.24, 2.45) is 0 Å². The molecule has 106 valence electrons. The first-order valence-electron chi connectivity index (χ1n) is 7.05. The van der Waals surface area contributed by atoms with Gasteiger partial charge in [-0.2, -0.15) is 0 Å². The predicted octanol–water partition coefficient (Wildman–Crippen LogP) is 0.142. The molecule has 5 nitrogen and oxygen atoms in total. The highest BCUT2D eigenvalue weighted by Crippen LogP contribution is 2.18. The van der Waals surface area contributed by atoms with Gasteiger partial charge in [-0.05, 0) is 38.8 Å². The Kier molecular flexibility index (Phi) is 5.00. The van der Waals surface area contributed by atoms with Crippen LogP contribution in [0.15, 0.2) is 0 Å². The van der Waals surface area contributed by atoms with Crippen LogP contribution in [0.4, 0.5) is 0 Å². The molecule has 0 aromatic heterocycles. The maximum Gasteiger partial charge on any atom is 0.213 e. The first-order valence-corrected chi connectivity index (χ1v) is 8.70. The molecule has 1 saturated heterocycles. The smallest absolute Gasteiger partial charge is 0.213 e. The maximum absolute atomic E-state index is 11.9. The standard InChI is InChI=1S/C12H25N3O2S/c1-2-15-8-3-4-12(10-15)14-18(16,17)9-7-13-11-5-6-11/h11-14H,2-10H2,1H3. The Morgan fingerprint density at radius 2 is 2.00 bits per heavy atom. The maximum atomic E-state index is 11.9. The molecule has 1 heterocycles. The number of piperidine rings is 1. The molecule has 2 fully saturated rings. The molecule has 1 saturated carbocycles. The highest BCUT2D eigenvalue weighted by molar-refractivity contribution is 7.89. The predicted molar refractivity (Wildman–Crippen MR) is 73.1 cm³/mol. The Balaban J connectivity index is 1.71. The summed E-state index contributed by atoms with van der Waals surface area (Å²) in [6.45, 7) is 5.64. The molecule has 2 rings (SSSR count). The van der Waals surface area contributed by atoms with Crippen molar-refractivity contribution in [3.63, 3.8) is 0 Å². The lowest BCUT2D eigenvalue weighted by Gasteiger charge is -2.32. The number of nitrogens with zero attached hydrogens (tertiary/aromatic N) is 1. The molecule has 1 atom stereocenters. The lowest BCUT2D eigenvalue weighted by molar-refractivity contribution is 0.211. The summed E-state index contributed by atoms with van der Waals surface area (Å²) in [7, 11) is -3.12. The molecule has 1 unspecified atom stereocenters. The largest absolute Gasteiger partial charge is 0.313 e. The van der Waals surface area contributed by atoms with Gasteiger partial charge in [-0.1, -0.05) is 6.92 Å². The second-order valence-corrected chi connectivity index (χ2v) is 7.27. The van der Waals surface area contributed by atoms with E-state index in [-0.39, 0.29) is 11.8 Å². The van der Waals surface area contributed by atoms with Crippen molar-refractivity contribution >= 4 is 10.0 Å². The summed E-state index contributed by atoms with van der Waals surface area (Å²) in [6, 6.07) is 0.676. The minimum atomic E-state index is -3.12. The Morgan fingerprint density at radius 1 is 1.22 bits per heavy atom. The molecule has 0 aromatic rings. The second-order valence-electron chi connectivity index (χ2n) is 5.40. The zero-order valence-corrected chi connectivity index (χ0v) is 12.0. The monoisotopic (exact) mass is 275 g/mol. The van der Waals surface area contributed by atoms with E-state index in [1.165, 1.54) is 12.8 Å². The van der Waals surface area contributed by atoms with Crippen LogP contribution < -0.4 is 10.0 Å². The third-order valence-electron chi connectivity index (χ3n) is 3.68. The summed E-state index contributed by atoms with van der Waals surface area (Å²) < 4.78 is 26.7. The van der Waals surface area contributed by atoms with E-state index in [4.69, 9.17) is 0 Å². The van der Waals surface area contributed by atoms with Crippen LogP contribution in [-0.2, 0) is 10.0 Å². The first kappa shape index (κ1) is 14.2. The van der Waals surface area contributed by atoms with Crippen molar-refractivity contribution in [1.29, 1.82) is 0 Å². The minimum Gasteiger partial charge on any atom is -0.313 e.